The molecule has 60 valence electrons. The van der Waals surface area contributed by atoms with Gasteiger partial charge in [0.25, 0.3) is 0 Å². The van der Waals surface area contributed by atoms with Crippen LogP contribution in [-0.2, 0) is 12.8 Å². The third-order valence-corrected chi connectivity index (χ3v) is 3.31. The second-order valence-electron chi connectivity index (χ2n) is 2.91. The van der Waals surface area contributed by atoms with Gasteiger partial charge in [0, 0.05) is 4.88 Å². The molecule has 1 aromatic heterocycles. The summed E-state index contributed by atoms with van der Waals surface area (Å²) in [5.41, 5.74) is 4.21. The molecule has 3 N–H and O–H groups in total. The van der Waals surface area contributed by atoms with E-state index in [1.54, 1.807) is 11.3 Å². The van der Waals surface area contributed by atoms with Crippen molar-refractivity contribution in [1.82, 2.24) is 0 Å². The van der Waals surface area contributed by atoms with E-state index in [4.69, 9.17) is 5.84 Å². The molecule has 1 aliphatic rings. The first kappa shape index (κ1) is 7.13. The van der Waals surface area contributed by atoms with Gasteiger partial charge in [-0.2, -0.15) is 0 Å². The second kappa shape index (κ2) is 2.83. The minimum absolute atomic E-state index is 1.11. The average Bonchev–Trinajstić information content (AvgIpc) is 2.46. The Morgan fingerprint density at radius 1 is 1.36 bits per heavy atom. The lowest BCUT2D eigenvalue weighted by Crippen LogP contribution is -2.04. The zero-order valence-electron chi connectivity index (χ0n) is 6.39. The van der Waals surface area contributed by atoms with Crippen molar-refractivity contribution >= 4 is 16.3 Å². The van der Waals surface area contributed by atoms with Crippen molar-refractivity contribution < 1.29 is 0 Å². The summed E-state index contributed by atoms with van der Waals surface area (Å²) in [5, 5.41) is 1.11. The van der Waals surface area contributed by atoms with Crippen LogP contribution in [0.25, 0.3) is 0 Å². The zero-order chi connectivity index (χ0) is 7.68. The summed E-state index contributed by atoms with van der Waals surface area (Å²) in [6.45, 7) is 0. The van der Waals surface area contributed by atoms with Gasteiger partial charge >= 0.3 is 0 Å². The van der Waals surface area contributed by atoms with Crippen molar-refractivity contribution in [3.8, 4) is 0 Å². The summed E-state index contributed by atoms with van der Waals surface area (Å²) in [6, 6.07) is 2.18. The fraction of sp³-hybridized carbons (Fsp3) is 0.500. The molecule has 0 saturated heterocycles. The summed E-state index contributed by atoms with van der Waals surface area (Å²) < 4.78 is 0. The van der Waals surface area contributed by atoms with Gasteiger partial charge in [-0.15, -0.1) is 11.3 Å². The van der Waals surface area contributed by atoms with Gasteiger partial charge in [-0.3, -0.25) is 0 Å². The number of thiophene rings is 1. The van der Waals surface area contributed by atoms with E-state index in [2.05, 4.69) is 11.5 Å². The van der Waals surface area contributed by atoms with Gasteiger partial charge in [-0.05, 0) is 37.3 Å². The molecule has 0 amide bonds. The van der Waals surface area contributed by atoms with Crippen LogP contribution in [0.2, 0.25) is 0 Å². The molecule has 0 fully saturated rings. The highest BCUT2D eigenvalue weighted by atomic mass is 32.1. The summed E-state index contributed by atoms with van der Waals surface area (Å²) in [4.78, 5) is 1.53. The Balaban J connectivity index is 2.32. The van der Waals surface area contributed by atoms with Gasteiger partial charge < -0.3 is 5.43 Å². The largest absolute Gasteiger partial charge is 0.315 e. The van der Waals surface area contributed by atoms with Gasteiger partial charge in [-0.1, -0.05) is 0 Å². The lowest BCUT2D eigenvalue weighted by atomic mass is 10.00. The minimum atomic E-state index is 1.11. The summed E-state index contributed by atoms with van der Waals surface area (Å²) in [7, 11) is 0. The van der Waals surface area contributed by atoms with Crippen LogP contribution in [0.5, 0.6) is 0 Å². The number of hydrazine groups is 1. The number of hydrogen-bond donors (Lipinski definition) is 2. The molecule has 11 heavy (non-hydrogen) atoms. The number of nitrogens with one attached hydrogen (secondary N) is 1. The van der Waals surface area contributed by atoms with Crippen molar-refractivity contribution in [2.45, 2.75) is 25.7 Å². The maximum atomic E-state index is 5.32. The van der Waals surface area contributed by atoms with Crippen LogP contribution in [0.15, 0.2) is 6.07 Å². The molecule has 0 aromatic carbocycles. The van der Waals surface area contributed by atoms with Gasteiger partial charge in [0.2, 0.25) is 0 Å². The lowest BCUT2D eigenvalue weighted by molar-refractivity contribution is 0.697. The predicted octanol–water partition coefficient (Wildman–Crippen LogP) is 1.91. The SMILES string of the molecule is NNc1cc2c(s1)CCCC2. The lowest BCUT2D eigenvalue weighted by Gasteiger charge is -2.08. The monoisotopic (exact) mass is 168 g/mol. The molecule has 2 rings (SSSR count). The molecule has 1 heterocycles. The van der Waals surface area contributed by atoms with Crippen LogP contribution in [-0.4, -0.2) is 0 Å². The number of hydrogen-bond acceptors (Lipinski definition) is 3. The highest BCUT2D eigenvalue weighted by Crippen LogP contribution is 2.31. The molecule has 0 unspecified atom stereocenters. The van der Waals surface area contributed by atoms with Crippen LogP contribution in [0.1, 0.15) is 23.3 Å². The highest BCUT2D eigenvalue weighted by molar-refractivity contribution is 7.16. The number of rotatable bonds is 1. The van der Waals surface area contributed by atoms with Crippen molar-refractivity contribution in [3.05, 3.63) is 16.5 Å². The fourth-order valence-corrected chi connectivity index (χ4v) is 2.63. The second-order valence-corrected chi connectivity index (χ2v) is 4.05. The Bertz CT molecular complexity index is 231. The minimum Gasteiger partial charge on any atom is -0.315 e. The quantitative estimate of drug-likeness (QED) is 0.496. The highest BCUT2D eigenvalue weighted by Gasteiger charge is 2.12. The molecular formula is C8H12N2S. The molecule has 1 aliphatic carbocycles. The molecule has 2 nitrogen and oxygen atoms in total. The smallest absolute Gasteiger partial charge is 0.103 e. The molecule has 3 heteroatoms. The van der Waals surface area contributed by atoms with Crippen molar-refractivity contribution in [3.63, 3.8) is 0 Å². The molecule has 1 aromatic rings. The fourth-order valence-electron chi connectivity index (χ4n) is 1.56. The molecule has 0 spiro atoms. The van der Waals surface area contributed by atoms with Gasteiger partial charge in [0.05, 0.1) is 0 Å². The Hall–Kier alpha value is -0.540. The first-order valence-electron chi connectivity index (χ1n) is 3.98. The van der Waals surface area contributed by atoms with Crippen molar-refractivity contribution in [2.24, 2.45) is 5.84 Å². The van der Waals surface area contributed by atoms with E-state index in [9.17, 15) is 0 Å². The summed E-state index contributed by atoms with van der Waals surface area (Å²) in [5.74, 6) is 5.32. The van der Waals surface area contributed by atoms with E-state index in [1.165, 1.54) is 36.1 Å². The normalized spacial score (nSPS) is 16.1. The maximum Gasteiger partial charge on any atom is 0.103 e. The van der Waals surface area contributed by atoms with Crippen molar-refractivity contribution in [2.75, 3.05) is 5.43 Å². The van der Waals surface area contributed by atoms with Gasteiger partial charge in [-0.25, -0.2) is 5.84 Å². The van der Waals surface area contributed by atoms with Crippen LogP contribution in [0, 0.1) is 0 Å². The standard InChI is InChI=1S/C8H12N2S/c9-10-8-5-6-3-1-2-4-7(6)11-8/h5,10H,1-4,9H2. The molecule has 0 bridgehead atoms. The maximum absolute atomic E-state index is 5.32. The third kappa shape index (κ3) is 1.26. The third-order valence-electron chi connectivity index (χ3n) is 2.14. The first-order valence-corrected chi connectivity index (χ1v) is 4.80. The van der Waals surface area contributed by atoms with E-state index < -0.39 is 0 Å². The molecular weight excluding hydrogens is 156 g/mol. The molecule has 0 radical (unpaired) electrons. The topological polar surface area (TPSA) is 38.0 Å². The summed E-state index contributed by atoms with van der Waals surface area (Å²) in [6.07, 6.45) is 5.18. The van der Waals surface area contributed by atoms with Crippen LogP contribution in [0.4, 0.5) is 5.00 Å². The Labute approximate surface area is 70.4 Å². The number of fused-ring (bicyclic) bond motifs is 1. The van der Waals surface area contributed by atoms with E-state index in [-0.39, 0.29) is 0 Å². The van der Waals surface area contributed by atoms with Crippen molar-refractivity contribution in [1.29, 1.82) is 0 Å². The predicted molar refractivity (Wildman–Crippen MR) is 48.8 cm³/mol. The molecule has 0 aliphatic heterocycles. The number of nitrogen functional groups attached to an aromatic ring is 1. The number of aryl methyl sites for hydroxylation is 2. The molecule has 0 saturated carbocycles. The first-order chi connectivity index (χ1) is 5.40. The van der Waals surface area contributed by atoms with E-state index in [0.29, 0.717) is 0 Å². The Morgan fingerprint density at radius 3 is 2.91 bits per heavy atom. The van der Waals surface area contributed by atoms with Crippen LogP contribution >= 0.6 is 11.3 Å². The average molecular weight is 168 g/mol. The van der Waals surface area contributed by atoms with Gasteiger partial charge in [0.1, 0.15) is 5.00 Å². The molecule has 0 atom stereocenters. The van der Waals surface area contributed by atoms with Gasteiger partial charge in [0.15, 0.2) is 0 Å². The number of anilines is 1. The van der Waals surface area contributed by atoms with Crippen LogP contribution in [0.3, 0.4) is 0 Å². The number of nitrogens with two attached hydrogens (primary N) is 1. The Morgan fingerprint density at radius 2 is 2.18 bits per heavy atom. The van der Waals surface area contributed by atoms with E-state index in [1.807, 2.05) is 0 Å². The summed E-state index contributed by atoms with van der Waals surface area (Å²) >= 11 is 1.80. The van der Waals surface area contributed by atoms with E-state index in [0.717, 1.165) is 5.00 Å². The van der Waals surface area contributed by atoms with Crippen LogP contribution < -0.4 is 11.3 Å². The zero-order valence-corrected chi connectivity index (χ0v) is 7.21. The van der Waals surface area contributed by atoms with E-state index >= 15 is 0 Å². The Kier molecular flexibility index (Phi) is 1.84.